The Kier molecular flexibility index (Phi) is 8.71. The Labute approximate surface area is 183 Å². The van der Waals surface area contributed by atoms with Gasteiger partial charge in [0, 0.05) is 28.3 Å². The number of ketones is 1. The largest absolute Gasteiger partial charge is 0.455 e. The van der Waals surface area contributed by atoms with Gasteiger partial charge in [0.1, 0.15) is 0 Å². The lowest BCUT2D eigenvalue weighted by atomic mass is 10.1. The van der Waals surface area contributed by atoms with Crippen molar-refractivity contribution in [2.75, 3.05) is 11.9 Å². The van der Waals surface area contributed by atoms with Gasteiger partial charge in [0.25, 0.3) is 11.8 Å². The van der Waals surface area contributed by atoms with E-state index in [1.54, 1.807) is 18.2 Å². The fourth-order valence-electron chi connectivity index (χ4n) is 2.31. The molecule has 0 radical (unpaired) electrons. The second-order valence-corrected chi connectivity index (χ2v) is 6.79. The molecule has 10 heteroatoms. The Balaban J connectivity index is 1.66. The maximum atomic E-state index is 11.9. The van der Waals surface area contributed by atoms with E-state index in [0.717, 1.165) is 0 Å². The lowest BCUT2D eigenvalue weighted by Crippen LogP contribution is -2.43. The Morgan fingerprint density at radius 2 is 1.58 bits per heavy atom. The third kappa shape index (κ3) is 8.27. The van der Waals surface area contributed by atoms with E-state index >= 15 is 0 Å². The molecule has 162 valence electrons. The Hall–Kier alpha value is -3.72. The minimum absolute atomic E-state index is 0.137. The van der Waals surface area contributed by atoms with Crippen LogP contribution in [0.4, 0.5) is 5.69 Å². The number of hydrazine groups is 1. The molecule has 0 heterocycles. The third-order valence-electron chi connectivity index (χ3n) is 3.90. The molecule has 0 saturated carbocycles. The normalized spacial score (nSPS) is 10.0. The van der Waals surface area contributed by atoms with Crippen molar-refractivity contribution >= 4 is 46.8 Å². The second-order valence-electron chi connectivity index (χ2n) is 6.36. The number of amides is 3. The van der Waals surface area contributed by atoms with Crippen LogP contribution in [-0.2, 0) is 19.1 Å². The minimum atomic E-state index is -0.758. The molecule has 2 rings (SSSR count). The summed E-state index contributed by atoms with van der Waals surface area (Å²) in [6, 6.07) is 12.4. The lowest BCUT2D eigenvalue weighted by Gasteiger charge is -2.09. The summed E-state index contributed by atoms with van der Waals surface area (Å²) in [5.41, 5.74) is 5.44. The fourth-order valence-corrected chi connectivity index (χ4v) is 2.44. The van der Waals surface area contributed by atoms with Crippen molar-refractivity contribution in [3.63, 3.8) is 0 Å². The highest BCUT2D eigenvalue weighted by molar-refractivity contribution is 6.30. The number of rotatable bonds is 8. The third-order valence-corrected chi connectivity index (χ3v) is 4.15. The first kappa shape index (κ1) is 23.6. The summed E-state index contributed by atoms with van der Waals surface area (Å²) in [7, 11) is 0. The van der Waals surface area contributed by atoms with Crippen LogP contribution in [0.25, 0.3) is 0 Å². The van der Waals surface area contributed by atoms with Crippen LogP contribution in [0.1, 0.15) is 40.5 Å². The molecule has 2 aromatic carbocycles. The van der Waals surface area contributed by atoms with Gasteiger partial charge < -0.3 is 10.1 Å². The number of Topliss-reactive ketones (excluding diaryl/α,β-unsaturated/α-hetero) is 1. The highest BCUT2D eigenvalue weighted by Gasteiger charge is 2.12. The molecular formula is C21H20ClN3O6. The zero-order valence-corrected chi connectivity index (χ0v) is 17.3. The first-order valence-corrected chi connectivity index (χ1v) is 9.53. The van der Waals surface area contributed by atoms with Crippen LogP contribution in [0, 0.1) is 0 Å². The lowest BCUT2D eigenvalue weighted by molar-refractivity contribution is -0.149. The summed E-state index contributed by atoms with van der Waals surface area (Å²) < 4.78 is 4.76. The van der Waals surface area contributed by atoms with Crippen molar-refractivity contribution in [2.45, 2.75) is 19.8 Å². The van der Waals surface area contributed by atoms with E-state index in [4.69, 9.17) is 16.3 Å². The van der Waals surface area contributed by atoms with E-state index in [1.165, 1.54) is 37.3 Å². The van der Waals surface area contributed by atoms with Crippen molar-refractivity contribution in [2.24, 2.45) is 0 Å². The maximum absolute atomic E-state index is 11.9. The van der Waals surface area contributed by atoms with Crippen LogP contribution in [0.15, 0.2) is 48.5 Å². The summed E-state index contributed by atoms with van der Waals surface area (Å²) >= 11 is 5.73. The number of hydrogen-bond acceptors (Lipinski definition) is 6. The number of ether oxygens (including phenoxy) is 1. The van der Waals surface area contributed by atoms with Crippen molar-refractivity contribution in [1.82, 2.24) is 10.9 Å². The molecule has 2 aromatic rings. The van der Waals surface area contributed by atoms with Gasteiger partial charge in [-0.15, -0.1) is 0 Å². The fraction of sp³-hybridized carbons (Fsp3) is 0.190. The number of hydrogen-bond donors (Lipinski definition) is 3. The standard InChI is InChI=1S/C21H20ClN3O6/c1-13(26)15-3-2-4-17(11-15)23-18(27)9-10-20(29)31-12-19(28)24-25-21(30)14-5-7-16(22)8-6-14/h2-8,11H,9-10,12H2,1H3,(H,23,27)(H,24,28)(H,25,30). The summed E-state index contributed by atoms with van der Waals surface area (Å²) in [4.78, 5) is 58.5. The van der Waals surface area contributed by atoms with Crippen LogP contribution in [0.2, 0.25) is 5.02 Å². The van der Waals surface area contributed by atoms with Gasteiger partial charge in [0.2, 0.25) is 5.91 Å². The topological polar surface area (TPSA) is 131 Å². The van der Waals surface area contributed by atoms with Gasteiger partial charge in [-0.25, -0.2) is 0 Å². The van der Waals surface area contributed by atoms with E-state index in [9.17, 15) is 24.0 Å². The van der Waals surface area contributed by atoms with Gasteiger partial charge >= 0.3 is 5.97 Å². The molecule has 3 N–H and O–H groups in total. The zero-order chi connectivity index (χ0) is 22.8. The number of halogens is 1. The molecule has 0 aromatic heterocycles. The van der Waals surface area contributed by atoms with E-state index in [2.05, 4.69) is 16.2 Å². The first-order chi connectivity index (χ1) is 14.7. The summed E-state index contributed by atoms with van der Waals surface area (Å²) in [6.07, 6.45) is -0.416. The number of carbonyl (C=O) groups is 5. The van der Waals surface area contributed by atoms with Crippen molar-refractivity contribution < 1.29 is 28.7 Å². The summed E-state index contributed by atoms with van der Waals surface area (Å²) in [5, 5.41) is 3.04. The second kappa shape index (κ2) is 11.5. The molecule has 0 fully saturated rings. The Morgan fingerprint density at radius 1 is 0.871 bits per heavy atom. The highest BCUT2D eigenvalue weighted by Crippen LogP contribution is 2.12. The number of benzene rings is 2. The predicted molar refractivity (Wildman–Crippen MR) is 112 cm³/mol. The van der Waals surface area contributed by atoms with Gasteiger partial charge in [-0.05, 0) is 43.3 Å². The monoisotopic (exact) mass is 445 g/mol. The Bertz CT molecular complexity index is 991. The number of nitrogens with one attached hydrogen (secondary N) is 3. The van der Waals surface area contributed by atoms with Gasteiger partial charge in [-0.1, -0.05) is 23.7 Å². The minimum Gasteiger partial charge on any atom is -0.455 e. The van der Waals surface area contributed by atoms with E-state index in [0.29, 0.717) is 16.3 Å². The van der Waals surface area contributed by atoms with Crippen molar-refractivity contribution in [1.29, 1.82) is 0 Å². The molecule has 0 bridgehead atoms. The maximum Gasteiger partial charge on any atom is 0.306 e. The van der Waals surface area contributed by atoms with Crippen LogP contribution >= 0.6 is 11.6 Å². The van der Waals surface area contributed by atoms with Crippen molar-refractivity contribution in [3.05, 3.63) is 64.7 Å². The van der Waals surface area contributed by atoms with Crippen LogP contribution < -0.4 is 16.2 Å². The van der Waals surface area contributed by atoms with Gasteiger partial charge in [-0.2, -0.15) is 0 Å². The molecule has 0 aliphatic rings. The zero-order valence-electron chi connectivity index (χ0n) is 16.6. The SMILES string of the molecule is CC(=O)c1cccc(NC(=O)CCC(=O)OCC(=O)NNC(=O)c2ccc(Cl)cc2)c1. The van der Waals surface area contributed by atoms with Crippen LogP contribution in [-0.4, -0.2) is 36.1 Å². The average molecular weight is 446 g/mol. The number of carbonyl (C=O) groups excluding carboxylic acids is 5. The van der Waals surface area contributed by atoms with E-state index < -0.39 is 30.3 Å². The molecule has 0 aliphatic carbocycles. The molecule has 0 saturated heterocycles. The number of esters is 1. The molecule has 9 nitrogen and oxygen atoms in total. The summed E-state index contributed by atoms with van der Waals surface area (Å²) in [6.45, 7) is 0.790. The first-order valence-electron chi connectivity index (χ1n) is 9.16. The molecule has 0 spiro atoms. The molecule has 31 heavy (non-hydrogen) atoms. The smallest absolute Gasteiger partial charge is 0.306 e. The van der Waals surface area contributed by atoms with E-state index in [1.807, 2.05) is 0 Å². The molecular weight excluding hydrogens is 426 g/mol. The number of anilines is 1. The van der Waals surface area contributed by atoms with Gasteiger partial charge in [0.05, 0.1) is 6.42 Å². The quantitative estimate of drug-likeness (QED) is 0.324. The average Bonchev–Trinajstić information content (AvgIpc) is 2.75. The molecule has 0 unspecified atom stereocenters. The van der Waals surface area contributed by atoms with Crippen LogP contribution in [0.3, 0.4) is 0 Å². The molecule has 3 amide bonds. The molecule has 0 atom stereocenters. The van der Waals surface area contributed by atoms with Crippen molar-refractivity contribution in [3.8, 4) is 0 Å². The van der Waals surface area contributed by atoms with Crippen LogP contribution in [0.5, 0.6) is 0 Å². The molecule has 0 aliphatic heterocycles. The highest BCUT2D eigenvalue weighted by atomic mass is 35.5. The van der Waals surface area contributed by atoms with Gasteiger partial charge in [-0.3, -0.25) is 34.8 Å². The Morgan fingerprint density at radius 3 is 2.26 bits per heavy atom. The predicted octanol–water partition coefficient (Wildman–Crippen LogP) is 2.27. The van der Waals surface area contributed by atoms with Gasteiger partial charge in [0.15, 0.2) is 12.4 Å². The van der Waals surface area contributed by atoms with E-state index in [-0.39, 0.29) is 24.2 Å². The summed E-state index contributed by atoms with van der Waals surface area (Å²) in [5.74, 6) is -2.66.